The van der Waals surface area contributed by atoms with Gasteiger partial charge in [-0.05, 0) is 18.8 Å². The Labute approximate surface area is 553 Å². The van der Waals surface area contributed by atoms with E-state index in [0.717, 1.165) is 7.11 Å². The molecule has 5 heterocycles. The Morgan fingerprint density at radius 3 is 1.18 bits per heavy atom. The van der Waals surface area contributed by atoms with Crippen LogP contribution in [0.1, 0.15) is 32.1 Å². The van der Waals surface area contributed by atoms with Crippen molar-refractivity contribution >= 4 is 94.8 Å². The molecule has 98 heavy (non-hydrogen) atoms. The number of aliphatic carboxylic acids is 2. The Morgan fingerprint density at radius 2 is 0.745 bits per heavy atom. The van der Waals surface area contributed by atoms with Crippen molar-refractivity contribution in [1.82, 2.24) is 14.2 Å². The molecule has 25 atom stereocenters. The number of methoxy groups -OCH3 is 1. The molecule has 0 spiro atoms. The first-order chi connectivity index (χ1) is 44.7. The lowest BCUT2D eigenvalue weighted by atomic mass is 9.90. The van der Waals surface area contributed by atoms with Gasteiger partial charge in [-0.3, -0.25) is 36.4 Å². The van der Waals surface area contributed by atoms with E-state index in [1.807, 2.05) is 0 Å². The summed E-state index contributed by atoms with van der Waals surface area (Å²) in [5.41, 5.74) is 0. The zero-order valence-electron chi connectivity index (χ0n) is 48.7. The van der Waals surface area contributed by atoms with Crippen LogP contribution in [0.15, 0.2) is 0 Å². The molecule has 0 aromatic heterocycles. The number of nitrogens with one attached hydrogen (secondary N) is 3. The molecule has 60 heteroatoms. The topological polar surface area (TPSA) is 794 Å². The van der Waals surface area contributed by atoms with Crippen molar-refractivity contribution in [2.24, 2.45) is 5.92 Å². The molecule has 6 rings (SSSR count). The molecule has 0 radical (unpaired) electrons. The molecule has 6 fully saturated rings. The van der Waals surface area contributed by atoms with Crippen molar-refractivity contribution in [2.75, 3.05) is 33.5 Å². The van der Waals surface area contributed by atoms with Crippen LogP contribution in [-0.2, 0) is 166 Å². The van der Waals surface area contributed by atoms with E-state index in [2.05, 4.69) is 16.7 Å². The summed E-state index contributed by atoms with van der Waals surface area (Å²) < 4.78 is 360. The van der Waals surface area contributed by atoms with E-state index in [9.17, 15) is 149 Å². The lowest BCUT2D eigenvalue weighted by molar-refractivity contribution is -0.375. The molecule has 1 aliphatic carbocycles. The molecule has 0 aromatic carbocycles. The number of carboxylic acid groups (broad SMARTS) is 2. The van der Waals surface area contributed by atoms with Crippen molar-refractivity contribution in [3.05, 3.63) is 0 Å². The van der Waals surface area contributed by atoms with E-state index in [1.165, 1.54) is 14.2 Å². The summed E-state index contributed by atoms with van der Waals surface area (Å²) in [6.07, 6.45) is -59.4. The molecule has 1 saturated carbocycles. The van der Waals surface area contributed by atoms with E-state index >= 15 is 0 Å². The van der Waals surface area contributed by atoms with Gasteiger partial charge < -0.3 is 87.9 Å². The highest BCUT2D eigenvalue weighted by atomic mass is 32.3. The third-order valence-electron chi connectivity index (χ3n) is 14.7. The second kappa shape index (κ2) is 33.1. The molecule has 18 N–H and O–H groups in total. The number of ether oxygens (including phenoxy) is 11. The fourth-order valence-electron chi connectivity index (χ4n) is 10.7. The first-order valence-electron chi connectivity index (χ1n) is 27.0. The average Bonchev–Trinajstić information content (AvgIpc) is 0.761. The van der Waals surface area contributed by atoms with Crippen LogP contribution in [0.5, 0.6) is 0 Å². The molecule has 6 aliphatic rings. The highest BCUT2D eigenvalue weighted by Gasteiger charge is 2.62. The summed E-state index contributed by atoms with van der Waals surface area (Å²) in [5.74, 6) is -5.32. The van der Waals surface area contributed by atoms with Gasteiger partial charge >= 0.3 is 94.8 Å². The monoisotopic (exact) mass is 1600 g/mol. The highest BCUT2D eigenvalue weighted by Crippen LogP contribution is 2.40. The van der Waals surface area contributed by atoms with Crippen LogP contribution in [0.25, 0.3) is 0 Å². The molecule has 5 saturated heterocycles. The fraction of sp³-hybridized carbons (Fsp3) is 0.947. The summed E-state index contributed by atoms with van der Waals surface area (Å²) >= 11 is 0. The second-order valence-electron chi connectivity index (χ2n) is 21.5. The normalized spacial score (nSPS) is 37.9. The van der Waals surface area contributed by atoms with Crippen LogP contribution in [0.2, 0.25) is 0 Å². The minimum atomic E-state index is -6.35. The van der Waals surface area contributed by atoms with Crippen molar-refractivity contribution in [2.45, 2.75) is 185 Å². The number of hydrogen-bond acceptors (Lipinski definition) is 39. The van der Waals surface area contributed by atoms with Gasteiger partial charge in [0.1, 0.15) is 104 Å². The van der Waals surface area contributed by atoms with Gasteiger partial charge in [0.2, 0.25) is 0 Å². The van der Waals surface area contributed by atoms with Crippen LogP contribution in [0.4, 0.5) is 0 Å². The smallest absolute Gasteiger partial charge is 0.397 e. The predicted octanol–water partition coefficient (Wildman–Crippen LogP) is -11.1. The average molecular weight is 1600 g/mol. The maximum atomic E-state index is 13.2. The largest absolute Gasteiger partial charge is 0.479 e. The number of hydrogen-bond donors (Lipinski definition) is 18. The van der Waals surface area contributed by atoms with Crippen LogP contribution in [0, 0.1) is 5.92 Å². The van der Waals surface area contributed by atoms with E-state index in [1.54, 1.807) is 0 Å². The van der Waals surface area contributed by atoms with E-state index in [-0.39, 0.29) is 0 Å². The zero-order chi connectivity index (χ0) is 74.0. The van der Waals surface area contributed by atoms with E-state index in [4.69, 9.17) is 56.3 Å². The van der Waals surface area contributed by atoms with Gasteiger partial charge in [-0.15, -0.1) is 0 Å². The van der Waals surface area contributed by atoms with Gasteiger partial charge in [0.15, 0.2) is 49.8 Å². The highest BCUT2D eigenvalue weighted by molar-refractivity contribution is 7.84. The van der Waals surface area contributed by atoms with Gasteiger partial charge in [-0.2, -0.15) is 81.5 Å². The number of carboxylic acids is 2. The van der Waals surface area contributed by atoms with Gasteiger partial charge in [0.25, 0.3) is 0 Å². The van der Waals surface area contributed by atoms with Gasteiger partial charge in [0, 0.05) is 7.11 Å². The predicted molar refractivity (Wildman–Crippen MR) is 292 cm³/mol. The molecule has 0 amide bonds. The Kier molecular flexibility index (Phi) is 28.5. The lowest BCUT2D eigenvalue weighted by Crippen LogP contribution is -2.71. The van der Waals surface area contributed by atoms with Crippen LogP contribution < -0.4 is 14.2 Å². The Hall–Kier alpha value is -2.74. The van der Waals surface area contributed by atoms with Crippen molar-refractivity contribution in [3.63, 3.8) is 0 Å². The standard InChI is InChI=1S/C38H65N3O49S8/c1-75-34-16(40-92(54,55)56)20(44)23(13(81-34)9-78-95(63,64)65)83-38-29(90-98(72,73)74)22(46)27(31(88-38)33(49)50)86-36-17(41-93(57,58)59)25(89-97(69,70)71)24(14(82-36)10-79-96(66,67)68)84-37-28(76-7-11-5-3-2-4-6-11)21(45)26(30(87-37)32(47)48)85-35-15(39-91(51,52)53)19(43)18(42)12(80-35)8-77-94(60,61)62/h11-31,34-46H,2-10H2,1H3,(H,47,48)(H,49,50)(H,51,52,53)(H,54,55,56)(H,57,58,59)(H,60,61,62)(H,63,64,65)(H,66,67,68)(H,69,70,71)(H,72,73,74)/t12-,13-,14-,15-,16-,17-,18-,19-,20-,21+,22+,23-,24-,25-,26+,27?,28-,29-,30+,31-,34+,35-,36-,37-,38-/m1/s1. The molecule has 1 unspecified atom stereocenters. The minimum absolute atomic E-state index is 0.334. The Balaban J connectivity index is 1.47. The first-order valence-corrected chi connectivity index (χ1v) is 38.2. The Morgan fingerprint density at radius 1 is 0.378 bits per heavy atom. The number of aliphatic hydroxyl groups is 5. The maximum absolute atomic E-state index is 13.2. The van der Waals surface area contributed by atoms with Crippen molar-refractivity contribution in [1.29, 1.82) is 0 Å². The van der Waals surface area contributed by atoms with Gasteiger partial charge in [-0.1, -0.05) is 19.3 Å². The zero-order valence-corrected chi connectivity index (χ0v) is 55.3. The number of carbonyl (C=O) groups is 2. The summed E-state index contributed by atoms with van der Waals surface area (Å²) in [6, 6.07) is -8.08. The van der Waals surface area contributed by atoms with Crippen LogP contribution >= 0.6 is 0 Å². The summed E-state index contributed by atoms with van der Waals surface area (Å²) in [7, 11) is -45.8. The minimum Gasteiger partial charge on any atom is -0.479 e. The Bertz CT molecular complexity index is 3680. The number of rotatable bonds is 33. The third kappa shape index (κ3) is 24.7. The molecule has 5 aliphatic heterocycles. The van der Waals surface area contributed by atoms with Gasteiger partial charge in [0.05, 0.1) is 26.4 Å². The van der Waals surface area contributed by atoms with E-state index < -0.39 is 281 Å². The first kappa shape index (κ1) is 84.2. The van der Waals surface area contributed by atoms with Crippen LogP contribution in [-0.4, -0.2) is 338 Å². The van der Waals surface area contributed by atoms with Crippen molar-refractivity contribution in [3.8, 4) is 0 Å². The van der Waals surface area contributed by atoms with E-state index in [0.29, 0.717) is 32.1 Å². The molecule has 574 valence electrons. The summed E-state index contributed by atoms with van der Waals surface area (Å²) in [6.45, 7) is -5.53. The summed E-state index contributed by atoms with van der Waals surface area (Å²) in [4.78, 5) is 26.4. The fourth-order valence-corrected chi connectivity index (χ4v) is 14.4. The second-order valence-corrected chi connectivity index (χ2v) is 30.4. The molecular weight excluding hydrogens is 1540 g/mol. The molecule has 0 bridgehead atoms. The van der Waals surface area contributed by atoms with Crippen molar-refractivity contribution < 1.29 is 222 Å². The summed E-state index contributed by atoms with van der Waals surface area (Å²) in [5, 5.41) is 78.5. The van der Waals surface area contributed by atoms with Crippen LogP contribution in [0.3, 0.4) is 0 Å². The molecule has 52 nitrogen and oxygen atoms in total. The van der Waals surface area contributed by atoms with Gasteiger partial charge in [-0.25, -0.2) is 30.5 Å². The third-order valence-corrected chi connectivity index (χ3v) is 18.6. The molecule has 0 aromatic rings. The maximum Gasteiger partial charge on any atom is 0.397 e. The number of aliphatic hydroxyl groups excluding tert-OH is 5. The SMILES string of the molecule is CO[C@H]1O[C@H](COS(=O)(=O)O)[C@@H](O[C@@H]2O[C@@H](C(=O)O)C(O[C@H]3O[C@H](COS(=O)(=O)O)[C@@H](O[C@@H]4O[C@H](C(=O)O)[C@@H](O[C@H]5O[C@H](COS(=O)(=O)O)[C@@H](O)[C@H](O)[C@H]5NS(=O)(=O)O)[C@H](O)[C@H]4OCC4CCCCC4)[C@H](OS(=O)(=O)O)[C@H]3NS(=O)(=O)O)[C@H](O)[C@H]2OS(=O)(=O)O)[C@H](O)[C@H]1NS(=O)(=O)O. The lowest BCUT2D eigenvalue weighted by Gasteiger charge is -2.51. The molecular formula is C38H65N3O49S8. The quantitative estimate of drug-likeness (QED) is 0.0271.